The SMILES string of the molecule is CCCCCCCCCCCCCCCCCC(=O)OC[C@H](COP(=O)(O)OC[C@@H](O)COP(=O)(O)OC[C@@H](COC(=O)CCCCCCCCCC(C)C)OC(=O)CCCCCCCCCCCCCCCCC)OC(=O)CCCCCCCCCCCCCCCCC(C)C. The quantitative estimate of drug-likeness (QED) is 0.0222. The molecule has 0 saturated heterocycles. The van der Waals surface area contributed by atoms with E-state index in [1.54, 1.807) is 0 Å². The Morgan fingerprint density at radius 2 is 0.474 bits per heavy atom. The number of carbonyl (C=O) groups is 4. The molecule has 17 nitrogen and oxygen atoms in total. The van der Waals surface area contributed by atoms with E-state index < -0.39 is 97.5 Å². The molecule has 0 heterocycles. The number of hydrogen-bond acceptors (Lipinski definition) is 15. The van der Waals surface area contributed by atoms with Crippen LogP contribution in [0.25, 0.3) is 0 Å². The van der Waals surface area contributed by atoms with E-state index in [2.05, 4.69) is 41.5 Å². The third-order valence-corrected chi connectivity index (χ3v) is 20.1. The highest BCUT2D eigenvalue weighted by molar-refractivity contribution is 7.47. The standard InChI is InChI=1S/C78H152O17P2/c1-7-9-11-13-15-17-19-21-23-28-32-36-42-48-54-60-75(80)88-66-73(94-77(82)63-57-51-44-38-34-30-26-25-27-31-35-40-46-52-58-70(3)4)68-92-96(84,85)90-64-72(79)65-91-97(86,87)93-69-74(67-89-76(81)61-55-49-45-39-41-47-53-59-71(5)6)95-78(83)62-56-50-43-37-33-29-24-22-20-18-16-14-12-10-8-2/h70-74,79H,7-69H2,1-6H3,(H,84,85)(H,86,87)/t72-,73-,74-/m1/s1. The van der Waals surface area contributed by atoms with Crippen molar-refractivity contribution in [3.05, 3.63) is 0 Å². The van der Waals surface area contributed by atoms with E-state index in [4.69, 9.17) is 37.0 Å². The van der Waals surface area contributed by atoms with Crippen LogP contribution in [0.5, 0.6) is 0 Å². The average molecular weight is 1420 g/mol. The van der Waals surface area contributed by atoms with E-state index in [9.17, 15) is 43.2 Å². The van der Waals surface area contributed by atoms with Gasteiger partial charge in [-0.2, -0.15) is 0 Å². The van der Waals surface area contributed by atoms with Gasteiger partial charge in [0.2, 0.25) is 0 Å². The highest BCUT2D eigenvalue weighted by atomic mass is 31.2. The molecule has 0 fully saturated rings. The van der Waals surface area contributed by atoms with Crippen LogP contribution in [0.1, 0.15) is 408 Å². The van der Waals surface area contributed by atoms with Crippen molar-refractivity contribution in [2.45, 2.75) is 426 Å². The van der Waals surface area contributed by atoms with Crippen molar-refractivity contribution >= 4 is 39.5 Å². The number of ether oxygens (including phenoxy) is 4. The summed E-state index contributed by atoms with van der Waals surface area (Å²) in [5.41, 5.74) is 0. The largest absolute Gasteiger partial charge is 0.472 e. The highest BCUT2D eigenvalue weighted by Crippen LogP contribution is 2.45. The Hall–Kier alpha value is -1.94. The van der Waals surface area contributed by atoms with Gasteiger partial charge in [0.25, 0.3) is 0 Å². The normalized spacial score (nSPS) is 14.0. The Bertz CT molecular complexity index is 1870. The highest BCUT2D eigenvalue weighted by Gasteiger charge is 2.30. The molecular weight excluding hydrogens is 1270 g/mol. The van der Waals surface area contributed by atoms with Crippen molar-refractivity contribution in [1.29, 1.82) is 0 Å². The molecule has 0 aliphatic carbocycles. The molecule has 19 heteroatoms. The maximum Gasteiger partial charge on any atom is 0.472 e. The molecule has 0 aliphatic rings. The van der Waals surface area contributed by atoms with Gasteiger partial charge in [0.15, 0.2) is 12.2 Å². The van der Waals surface area contributed by atoms with Gasteiger partial charge in [-0.05, 0) is 37.5 Å². The molecule has 0 aromatic rings. The minimum absolute atomic E-state index is 0.107. The summed E-state index contributed by atoms with van der Waals surface area (Å²) in [6.07, 6.45) is 58.2. The van der Waals surface area contributed by atoms with E-state index in [1.165, 1.54) is 218 Å². The maximum atomic E-state index is 13.1. The van der Waals surface area contributed by atoms with Gasteiger partial charge in [-0.1, -0.05) is 356 Å². The maximum absolute atomic E-state index is 13.1. The molecule has 0 amide bonds. The number of unbranched alkanes of at least 4 members (excludes halogenated alkanes) is 47. The van der Waals surface area contributed by atoms with Gasteiger partial charge in [-0.3, -0.25) is 37.3 Å². The summed E-state index contributed by atoms with van der Waals surface area (Å²) >= 11 is 0. The van der Waals surface area contributed by atoms with Gasteiger partial charge < -0.3 is 33.8 Å². The Balaban J connectivity index is 5.25. The molecule has 0 aliphatic heterocycles. The zero-order chi connectivity index (χ0) is 71.4. The zero-order valence-corrected chi connectivity index (χ0v) is 65.2. The first-order valence-electron chi connectivity index (χ1n) is 40.5. The van der Waals surface area contributed by atoms with E-state index in [-0.39, 0.29) is 25.7 Å². The number of phosphoric ester groups is 2. The van der Waals surface area contributed by atoms with Crippen LogP contribution in [-0.4, -0.2) is 96.7 Å². The fraction of sp³-hybridized carbons (Fsp3) is 0.949. The lowest BCUT2D eigenvalue weighted by atomic mass is 10.0. The molecule has 0 radical (unpaired) electrons. The number of aliphatic hydroxyl groups is 1. The lowest BCUT2D eigenvalue weighted by Crippen LogP contribution is -2.30. The summed E-state index contributed by atoms with van der Waals surface area (Å²) in [5.74, 6) is -0.611. The summed E-state index contributed by atoms with van der Waals surface area (Å²) in [7, 11) is -9.91. The first-order chi connectivity index (χ1) is 46.9. The number of aliphatic hydroxyl groups excluding tert-OH is 1. The van der Waals surface area contributed by atoms with Crippen LogP contribution >= 0.6 is 15.6 Å². The number of carbonyl (C=O) groups excluding carboxylic acids is 4. The molecule has 3 N–H and O–H groups in total. The Morgan fingerprint density at radius 1 is 0.278 bits per heavy atom. The molecule has 97 heavy (non-hydrogen) atoms. The lowest BCUT2D eigenvalue weighted by molar-refractivity contribution is -0.161. The fourth-order valence-corrected chi connectivity index (χ4v) is 13.6. The predicted octanol–water partition coefficient (Wildman–Crippen LogP) is 23.1. The van der Waals surface area contributed by atoms with Crippen molar-refractivity contribution in [2.75, 3.05) is 39.6 Å². The second-order valence-corrected chi connectivity index (χ2v) is 32.0. The number of rotatable bonds is 77. The third kappa shape index (κ3) is 72.2. The summed E-state index contributed by atoms with van der Waals surface area (Å²) in [5, 5.41) is 10.6. The minimum atomic E-state index is -4.96. The van der Waals surface area contributed by atoms with Crippen molar-refractivity contribution < 1.29 is 80.2 Å². The molecule has 5 atom stereocenters. The molecule has 2 unspecified atom stereocenters. The second-order valence-electron chi connectivity index (χ2n) is 29.1. The summed E-state index contributed by atoms with van der Waals surface area (Å²) < 4.78 is 68.6. The molecule has 0 spiro atoms. The summed E-state index contributed by atoms with van der Waals surface area (Å²) in [6, 6.07) is 0. The first-order valence-corrected chi connectivity index (χ1v) is 43.5. The molecule has 0 aromatic heterocycles. The van der Waals surface area contributed by atoms with Gasteiger partial charge in [0, 0.05) is 25.7 Å². The van der Waals surface area contributed by atoms with E-state index >= 15 is 0 Å². The van der Waals surface area contributed by atoms with E-state index in [0.29, 0.717) is 31.6 Å². The van der Waals surface area contributed by atoms with Gasteiger partial charge in [-0.15, -0.1) is 0 Å². The second kappa shape index (κ2) is 69.8. The van der Waals surface area contributed by atoms with Crippen LogP contribution in [0.15, 0.2) is 0 Å². The van der Waals surface area contributed by atoms with Crippen molar-refractivity contribution in [2.24, 2.45) is 11.8 Å². The van der Waals surface area contributed by atoms with E-state index in [0.717, 1.165) is 102 Å². The zero-order valence-electron chi connectivity index (χ0n) is 63.4. The number of phosphoric acid groups is 2. The topological polar surface area (TPSA) is 237 Å². The molecular formula is C78H152O17P2. The third-order valence-electron chi connectivity index (χ3n) is 18.2. The molecule has 576 valence electrons. The van der Waals surface area contributed by atoms with Crippen LogP contribution in [-0.2, 0) is 65.4 Å². The Morgan fingerprint density at radius 3 is 0.701 bits per heavy atom. The van der Waals surface area contributed by atoms with E-state index in [1.807, 2.05) is 0 Å². The Labute approximate surface area is 594 Å². The van der Waals surface area contributed by atoms with Crippen LogP contribution in [0.2, 0.25) is 0 Å². The van der Waals surface area contributed by atoms with Gasteiger partial charge in [0.05, 0.1) is 26.4 Å². The monoisotopic (exact) mass is 1420 g/mol. The van der Waals surface area contributed by atoms with Crippen molar-refractivity contribution in [1.82, 2.24) is 0 Å². The van der Waals surface area contributed by atoms with Crippen LogP contribution in [0.3, 0.4) is 0 Å². The number of esters is 4. The first kappa shape index (κ1) is 95.1. The van der Waals surface area contributed by atoms with Crippen molar-refractivity contribution in [3.63, 3.8) is 0 Å². The van der Waals surface area contributed by atoms with Crippen LogP contribution in [0.4, 0.5) is 0 Å². The lowest BCUT2D eigenvalue weighted by Gasteiger charge is -2.21. The van der Waals surface area contributed by atoms with Gasteiger partial charge in [0.1, 0.15) is 19.3 Å². The summed E-state index contributed by atoms with van der Waals surface area (Å²) in [4.78, 5) is 72.9. The smallest absolute Gasteiger partial charge is 0.462 e. The fourth-order valence-electron chi connectivity index (χ4n) is 12.0. The van der Waals surface area contributed by atoms with Gasteiger partial charge >= 0.3 is 39.5 Å². The molecule has 0 aromatic carbocycles. The number of hydrogen-bond donors (Lipinski definition) is 3. The molecule has 0 rings (SSSR count). The molecule has 0 saturated carbocycles. The van der Waals surface area contributed by atoms with Crippen molar-refractivity contribution in [3.8, 4) is 0 Å². The Kier molecular flexibility index (Phi) is 68.4. The van der Waals surface area contributed by atoms with Crippen LogP contribution in [0, 0.1) is 11.8 Å². The van der Waals surface area contributed by atoms with Gasteiger partial charge in [-0.25, -0.2) is 9.13 Å². The summed E-state index contributed by atoms with van der Waals surface area (Å²) in [6.45, 7) is 9.59. The average Bonchev–Trinajstić information content (AvgIpc) is 1.68. The molecule has 0 bridgehead atoms. The van der Waals surface area contributed by atoms with Crippen LogP contribution < -0.4 is 0 Å². The minimum Gasteiger partial charge on any atom is -0.462 e. The predicted molar refractivity (Wildman–Crippen MR) is 395 cm³/mol.